The van der Waals surface area contributed by atoms with Crippen molar-refractivity contribution < 1.29 is 4.79 Å². The Bertz CT molecular complexity index is 566. The first-order chi connectivity index (χ1) is 9.22. The maximum atomic E-state index is 11.9. The van der Waals surface area contributed by atoms with Gasteiger partial charge in [0.15, 0.2) is 0 Å². The summed E-state index contributed by atoms with van der Waals surface area (Å²) in [5.74, 6) is 1.00. The van der Waals surface area contributed by atoms with Crippen molar-refractivity contribution >= 4 is 28.6 Å². The second kappa shape index (κ2) is 6.57. The van der Waals surface area contributed by atoms with Crippen LogP contribution in [0.25, 0.3) is 10.9 Å². The molecule has 0 aliphatic carbocycles. The smallest absolute Gasteiger partial charge is 0.223 e. The van der Waals surface area contributed by atoms with Crippen LogP contribution in [-0.2, 0) is 11.3 Å². The highest BCUT2D eigenvalue weighted by molar-refractivity contribution is 7.98. The first-order valence-electron chi connectivity index (χ1n) is 6.31. The average molecular weight is 274 g/mol. The number of aromatic nitrogens is 1. The Balaban J connectivity index is 2.08. The minimum atomic E-state index is 0.0445. The van der Waals surface area contributed by atoms with Gasteiger partial charge in [0.2, 0.25) is 5.91 Å². The molecular weight excluding hydrogens is 256 g/mol. The van der Waals surface area contributed by atoms with E-state index in [9.17, 15) is 4.79 Å². The monoisotopic (exact) mass is 274 g/mol. The summed E-state index contributed by atoms with van der Waals surface area (Å²) in [5.41, 5.74) is 2.07. The molecule has 3 nitrogen and oxygen atoms in total. The van der Waals surface area contributed by atoms with Crippen LogP contribution in [0.4, 0.5) is 0 Å². The maximum Gasteiger partial charge on any atom is 0.223 e. The van der Waals surface area contributed by atoms with Gasteiger partial charge in [0.25, 0.3) is 0 Å². The van der Waals surface area contributed by atoms with Gasteiger partial charge in [-0.2, -0.15) is 11.8 Å². The molecule has 2 aromatic rings. The Kier molecular flexibility index (Phi) is 4.80. The van der Waals surface area contributed by atoms with E-state index in [0.717, 1.165) is 22.2 Å². The number of amides is 1. The van der Waals surface area contributed by atoms with Gasteiger partial charge in [-0.15, -0.1) is 0 Å². The number of nitrogens with zero attached hydrogens (tertiary/aromatic N) is 1. The molecule has 2 rings (SSSR count). The summed E-state index contributed by atoms with van der Waals surface area (Å²) in [7, 11) is 0. The number of carbonyl (C=O) groups excluding carboxylic acids is 1. The molecule has 0 aliphatic heterocycles. The predicted molar refractivity (Wildman–Crippen MR) is 81.1 cm³/mol. The largest absolute Gasteiger partial charge is 0.352 e. The van der Waals surface area contributed by atoms with E-state index in [1.807, 2.05) is 43.5 Å². The van der Waals surface area contributed by atoms with Crippen molar-refractivity contribution in [3.63, 3.8) is 0 Å². The molecule has 4 heteroatoms. The van der Waals surface area contributed by atoms with Gasteiger partial charge >= 0.3 is 0 Å². The molecule has 100 valence electrons. The van der Waals surface area contributed by atoms with Crippen molar-refractivity contribution in [1.29, 1.82) is 0 Å². The van der Waals surface area contributed by atoms with Crippen LogP contribution < -0.4 is 5.32 Å². The molecule has 19 heavy (non-hydrogen) atoms. The Morgan fingerprint density at radius 3 is 2.95 bits per heavy atom. The molecule has 0 saturated heterocycles. The second-order valence-corrected chi connectivity index (χ2v) is 5.47. The predicted octanol–water partition coefficient (Wildman–Crippen LogP) is 2.85. The quantitative estimate of drug-likeness (QED) is 0.911. The molecule has 0 saturated carbocycles. The third-order valence-corrected chi connectivity index (χ3v) is 3.89. The minimum absolute atomic E-state index is 0.0445. The number of pyridine rings is 1. The fourth-order valence-corrected chi connectivity index (χ4v) is 2.64. The van der Waals surface area contributed by atoms with E-state index in [1.54, 1.807) is 18.0 Å². The molecule has 0 aliphatic rings. The van der Waals surface area contributed by atoms with Crippen LogP contribution in [0, 0.1) is 5.92 Å². The van der Waals surface area contributed by atoms with Crippen LogP contribution in [0.1, 0.15) is 12.5 Å². The van der Waals surface area contributed by atoms with Crippen molar-refractivity contribution in [2.75, 3.05) is 12.0 Å². The summed E-state index contributed by atoms with van der Waals surface area (Å²) in [6.07, 6.45) is 3.80. The van der Waals surface area contributed by atoms with Crippen LogP contribution >= 0.6 is 11.8 Å². The molecule has 0 unspecified atom stereocenters. The zero-order valence-corrected chi connectivity index (χ0v) is 12.0. The number of hydrogen-bond donors (Lipinski definition) is 1. The number of rotatable bonds is 5. The van der Waals surface area contributed by atoms with Gasteiger partial charge < -0.3 is 5.32 Å². The number of para-hydroxylation sites is 1. The topological polar surface area (TPSA) is 42.0 Å². The van der Waals surface area contributed by atoms with Crippen LogP contribution in [0.3, 0.4) is 0 Å². The van der Waals surface area contributed by atoms with Gasteiger partial charge in [-0.3, -0.25) is 9.78 Å². The summed E-state index contributed by atoms with van der Waals surface area (Å²) in [6.45, 7) is 2.51. The summed E-state index contributed by atoms with van der Waals surface area (Å²) >= 11 is 1.69. The maximum absolute atomic E-state index is 11.9. The van der Waals surface area contributed by atoms with Gasteiger partial charge in [0.1, 0.15) is 0 Å². The van der Waals surface area contributed by atoms with E-state index in [2.05, 4.69) is 10.3 Å². The number of fused-ring (bicyclic) bond motifs is 1. The standard InChI is InChI=1S/C15H18N2OS/c1-11(10-19-2)15(18)17-9-12-7-8-16-14-6-4-3-5-13(12)14/h3-8,11H,9-10H2,1-2H3,(H,17,18)/t11-/m1/s1. The number of benzene rings is 1. The van der Waals surface area contributed by atoms with Gasteiger partial charge in [-0.1, -0.05) is 25.1 Å². The Morgan fingerprint density at radius 1 is 1.37 bits per heavy atom. The van der Waals surface area contributed by atoms with Crippen LogP contribution in [0.2, 0.25) is 0 Å². The lowest BCUT2D eigenvalue weighted by atomic mass is 10.1. The fourth-order valence-electron chi connectivity index (χ4n) is 1.99. The molecule has 1 aromatic heterocycles. The number of hydrogen-bond acceptors (Lipinski definition) is 3. The SMILES string of the molecule is CSC[C@@H](C)C(=O)NCc1ccnc2ccccc12. The third kappa shape index (κ3) is 3.47. The van der Waals surface area contributed by atoms with E-state index >= 15 is 0 Å². The first-order valence-corrected chi connectivity index (χ1v) is 7.71. The summed E-state index contributed by atoms with van der Waals surface area (Å²) in [4.78, 5) is 16.2. The Hall–Kier alpha value is -1.55. The van der Waals surface area contributed by atoms with Crippen molar-refractivity contribution in [1.82, 2.24) is 10.3 Å². The number of thioether (sulfide) groups is 1. The van der Waals surface area contributed by atoms with Gasteiger partial charge in [-0.05, 0) is 24.0 Å². The molecular formula is C15H18N2OS. The molecule has 1 amide bonds. The van der Waals surface area contributed by atoms with E-state index < -0.39 is 0 Å². The van der Waals surface area contributed by atoms with Gasteiger partial charge in [-0.25, -0.2) is 0 Å². The first kappa shape index (κ1) is 13.9. The van der Waals surface area contributed by atoms with Crippen LogP contribution in [0.5, 0.6) is 0 Å². The molecule has 1 aromatic carbocycles. The minimum Gasteiger partial charge on any atom is -0.352 e. The van der Waals surface area contributed by atoms with E-state index in [0.29, 0.717) is 6.54 Å². The lowest BCUT2D eigenvalue weighted by Gasteiger charge is -2.12. The number of nitrogens with one attached hydrogen (secondary N) is 1. The molecule has 1 heterocycles. The lowest BCUT2D eigenvalue weighted by Crippen LogP contribution is -2.29. The van der Waals surface area contributed by atoms with Crippen LogP contribution in [0.15, 0.2) is 36.5 Å². The summed E-state index contributed by atoms with van der Waals surface area (Å²) in [6, 6.07) is 9.94. The van der Waals surface area contributed by atoms with Crippen molar-refractivity contribution in [2.24, 2.45) is 5.92 Å². The van der Waals surface area contributed by atoms with Crippen molar-refractivity contribution in [3.8, 4) is 0 Å². The zero-order chi connectivity index (χ0) is 13.7. The fraction of sp³-hybridized carbons (Fsp3) is 0.333. The van der Waals surface area contributed by atoms with E-state index in [4.69, 9.17) is 0 Å². The van der Waals surface area contributed by atoms with Gasteiger partial charge in [0, 0.05) is 29.8 Å². The third-order valence-electron chi connectivity index (χ3n) is 3.06. The van der Waals surface area contributed by atoms with E-state index in [1.165, 1.54) is 0 Å². The Labute approximate surface area is 117 Å². The molecule has 1 atom stereocenters. The highest BCUT2D eigenvalue weighted by Crippen LogP contribution is 2.16. The molecule has 0 radical (unpaired) electrons. The molecule has 0 fully saturated rings. The number of carbonyl (C=O) groups is 1. The second-order valence-electron chi connectivity index (χ2n) is 4.56. The van der Waals surface area contributed by atoms with Crippen molar-refractivity contribution in [3.05, 3.63) is 42.1 Å². The normalized spacial score (nSPS) is 12.3. The van der Waals surface area contributed by atoms with Crippen molar-refractivity contribution in [2.45, 2.75) is 13.5 Å². The summed E-state index contributed by atoms with van der Waals surface area (Å²) < 4.78 is 0. The average Bonchev–Trinajstić information content (AvgIpc) is 2.45. The Morgan fingerprint density at radius 2 is 2.16 bits per heavy atom. The highest BCUT2D eigenvalue weighted by atomic mass is 32.2. The molecule has 0 bridgehead atoms. The molecule has 1 N–H and O–H groups in total. The summed E-state index contributed by atoms with van der Waals surface area (Å²) in [5, 5.41) is 4.10. The van der Waals surface area contributed by atoms with Gasteiger partial charge in [0.05, 0.1) is 5.52 Å². The zero-order valence-electron chi connectivity index (χ0n) is 11.2. The molecule has 0 spiro atoms. The highest BCUT2D eigenvalue weighted by Gasteiger charge is 2.12. The lowest BCUT2D eigenvalue weighted by molar-refractivity contribution is -0.123. The van der Waals surface area contributed by atoms with E-state index in [-0.39, 0.29) is 11.8 Å². The van der Waals surface area contributed by atoms with Crippen LogP contribution in [-0.4, -0.2) is 22.9 Å².